The molecule has 27 heavy (non-hydrogen) atoms. The van der Waals surface area contributed by atoms with Crippen molar-refractivity contribution in [3.8, 4) is 0 Å². The zero-order chi connectivity index (χ0) is 18.8. The Kier molecular flexibility index (Phi) is 4.93. The van der Waals surface area contributed by atoms with Crippen LogP contribution in [0.2, 0.25) is 0 Å². The molecule has 9 heteroatoms. The minimum Gasteiger partial charge on any atom is -0.446 e. The number of amides is 1. The van der Waals surface area contributed by atoms with Gasteiger partial charge in [0.1, 0.15) is 11.9 Å². The summed E-state index contributed by atoms with van der Waals surface area (Å²) in [6, 6.07) is 1.99. The molecule has 0 spiro atoms. The van der Waals surface area contributed by atoms with Crippen LogP contribution in [0.15, 0.2) is 18.5 Å². The first-order chi connectivity index (χ1) is 13.2. The summed E-state index contributed by atoms with van der Waals surface area (Å²) in [5.41, 5.74) is 2.52. The van der Waals surface area contributed by atoms with E-state index in [0.717, 1.165) is 41.9 Å². The van der Waals surface area contributed by atoms with Crippen molar-refractivity contribution in [2.24, 2.45) is 5.92 Å². The standard InChI is InChI=1S/C18H25N7O2/c1-3-11-8-12(27-18(26)21-7-6-19-2)9-13(11)17-24-23-15-10-22-16-14(25(15)17)4-5-20-16/h4-5,10-13,19-20H,3,6-9H2,1-2H3,(H,21,26)/t11-,12+,13+/m1/s1. The molecule has 0 bridgehead atoms. The normalized spacial score (nSPS) is 22.5. The van der Waals surface area contributed by atoms with Gasteiger partial charge in [-0.15, -0.1) is 10.2 Å². The second-order valence-electron chi connectivity index (χ2n) is 7.03. The molecule has 0 unspecified atom stereocenters. The smallest absolute Gasteiger partial charge is 0.407 e. The Morgan fingerprint density at radius 3 is 3.07 bits per heavy atom. The van der Waals surface area contributed by atoms with Gasteiger partial charge in [-0.1, -0.05) is 13.3 Å². The van der Waals surface area contributed by atoms with Crippen LogP contribution in [0.25, 0.3) is 16.8 Å². The molecule has 0 aromatic carbocycles. The second-order valence-corrected chi connectivity index (χ2v) is 7.03. The van der Waals surface area contributed by atoms with E-state index in [-0.39, 0.29) is 18.1 Å². The minimum absolute atomic E-state index is 0.106. The molecule has 0 aliphatic heterocycles. The summed E-state index contributed by atoms with van der Waals surface area (Å²) in [6.07, 6.45) is 5.74. The lowest BCUT2D eigenvalue weighted by atomic mass is 9.93. The third-order valence-electron chi connectivity index (χ3n) is 5.39. The topological polar surface area (TPSA) is 109 Å². The minimum atomic E-state index is -0.353. The lowest BCUT2D eigenvalue weighted by Gasteiger charge is -2.15. The number of hydrogen-bond acceptors (Lipinski definition) is 6. The molecule has 9 nitrogen and oxygen atoms in total. The number of fused-ring (bicyclic) bond motifs is 3. The maximum absolute atomic E-state index is 12.0. The predicted molar refractivity (Wildman–Crippen MR) is 101 cm³/mol. The average Bonchev–Trinajstić information content (AvgIpc) is 3.38. The molecule has 1 fully saturated rings. The van der Waals surface area contributed by atoms with E-state index >= 15 is 0 Å². The predicted octanol–water partition coefficient (Wildman–Crippen LogP) is 1.82. The number of aromatic nitrogens is 5. The first-order valence-electron chi connectivity index (χ1n) is 9.47. The molecular weight excluding hydrogens is 346 g/mol. The Balaban J connectivity index is 1.55. The largest absolute Gasteiger partial charge is 0.446 e. The lowest BCUT2D eigenvalue weighted by molar-refractivity contribution is 0.0983. The van der Waals surface area contributed by atoms with Crippen molar-refractivity contribution >= 4 is 22.9 Å². The van der Waals surface area contributed by atoms with E-state index in [4.69, 9.17) is 4.74 Å². The molecule has 1 aliphatic carbocycles. The van der Waals surface area contributed by atoms with Gasteiger partial charge >= 0.3 is 6.09 Å². The van der Waals surface area contributed by atoms with Crippen molar-refractivity contribution in [3.63, 3.8) is 0 Å². The number of aromatic amines is 1. The van der Waals surface area contributed by atoms with E-state index in [1.165, 1.54) is 0 Å². The van der Waals surface area contributed by atoms with Crippen molar-refractivity contribution in [3.05, 3.63) is 24.3 Å². The highest BCUT2D eigenvalue weighted by Gasteiger charge is 2.39. The van der Waals surface area contributed by atoms with E-state index in [2.05, 4.69) is 42.1 Å². The molecule has 3 atom stereocenters. The molecule has 3 aromatic heterocycles. The molecule has 1 amide bonds. The maximum Gasteiger partial charge on any atom is 0.407 e. The Labute approximate surface area is 156 Å². The number of carbonyl (C=O) groups is 1. The van der Waals surface area contributed by atoms with E-state index in [0.29, 0.717) is 19.0 Å². The Morgan fingerprint density at radius 2 is 2.26 bits per heavy atom. The summed E-state index contributed by atoms with van der Waals surface area (Å²) in [5, 5.41) is 14.5. The average molecular weight is 371 g/mol. The summed E-state index contributed by atoms with van der Waals surface area (Å²) in [7, 11) is 1.85. The molecule has 4 rings (SSSR count). The summed E-state index contributed by atoms with van der Waals surface area (Å²) in [6.45, 7) is 3.44. The quantitative estimate of drug-likeness (QED) is 0.570. The van der Waals surface area contributed by atoms with Crippen LogP contribution in [0, 0.1) is 5.92 Å². The zero-order valence-electron chi connectivity index (χ0n) is 15.6. The zero-order valence-corrected chi connectivity index (χ0v) is 15.6. The molecule has 0 saturated heterocycles. The summed E-state index contributed by atoms with van der Waals surface area (Å²) < 4.78 is 7.72. The first-order valence-corrected chi connectivity index (χ1v) is 9.47. The molecule has 0 radical (unpaired) electrons. The molecule has 3 heterocycles. The SMILES string of the molecule is CC[C@@H]1C[C@H](OC(=O)NCCNC)C[C@@H]1c1nnc2cnc3[nH]ccc3n12. The fourth-order valence-corrected chi connectivity index (χ4v) is 4.06. The fourth-order valence-electron chi connectivity index (χ4n) is 4.06. The third kappa shape index (κ3) is 3.34. The second kappa shape index (κ2) is 7.51. The monoisotopic (exact) mass is 371 g/mol. The number of nitrogens with zero attached hydrogens (tertiary/aromatic N) is 4. The van der Waals surface area contributed by atoms with E-state index < -0.39 is 0 Å². The van der Waals surface area contributed by atoms with Crippen LogP contribution in [0.4, 0.5) is 4.79 Å². The highest BCUT2D eigenvalue weighted by Crippen LogP contribution is 2.42. The first kappa shape index (κ1) is 17.7. The van der Waals surface area contributed by atoms with Gasteiger partial charge in [-0.25, -0.2) is 9.78 Å². The number of ether oxygens (including phenoxy) is 1. The molecule has 3 aromatic rings. The van der Waals surface area contributed by atoms with Gasteiger partial charge in [0.25, 0.3) is 0 Å². The van der Waals surface area contributed by atoms with Crippen molar-refractivity contribution in [1.29, 1.82) is 0 Å². The van der Waals surface area contributed by atoms with Gasteiger partial charge in [-0.05, 0) is 31.9 Å². The van der Waals surface area contributed by atoms with Crippen LogP contribution in [0.5, 0.6) is 0 Å². The van der Waals surface area contributed by atoms with Crippen LogP contribution in [-0.4, -0.2) is 56.9 Å². The van der Waals surface area contributed by atoms with Crippen LogP contribution in [-0.2, 0) is 4.74 Å². The number of carbonyl (C=O) groups excluding carboxylic acids is 1. The number of likely N-dealkylation sites (N-methyl/N-ethyl adjacent to an activating group) is 1. The lowest BCUT2D eigenvalue weighted by Crippen LogP contribution is -2.33. The Bertz CT molecular complexity index is 934. The number of H-pyrrole nitrogens is 1. The van der Waals surface area contributed by atoms with Gasteiger partial charge in [0.05, 0.1) is 11.7 Å². The van der Waals surface area contributed by atoms with Crippen molar-refractivity contribution in [1.82, 2.24) is 35.2 Å². The number of nitrogens with one attached hydrogen (secondary N) is 3. The van der Waals surface area contributed by atoms with Gasteiger partial charge in [-0.2, -0.15) is 0 Å². The van der Waals surface area contributed by atoms with Crippen molar-refractivity contribution in [2.75, 3.05) is 20.1 Å². The fraction of sp³-hybridized carbons (Fsp3) is 0.556. The third-order valence-corrected chi connectivity index (χ3v) is 5.39. The van der Waals surface area contributed by atoms with Gasteiger partial charge in [0.15, 0.2) is 11.3 Å². The van der Waals surface area contributed by atoms with Crippen molar-refractivity contribution < 1.29 is 9.53 Å². The van der Waals surface area contributed by atoms with E-state index in [1.807, 2.05) is 19.3 Å². The molecule has 1 aliphatic rings. The summed E-state index contributed by atoms with van der Waals surface area (Å²) >= 11 is 0. The van der Waals surface area contributed by atoms with Crippen molar-refractivity contribution in [2.45, 2.75) is 38.2 Å². The van der Waals surface area contributed by atoms with Gasteiger partial charge < -0.3 is 20.4 Å². The molecule has 144 valence electrons. The van der Waals surface area contributed by atoms with Crippen LogP contribution in [0.1, 0.15) is 37.9 Å². The van der Waals surface area contributed by atoms with Gasteiger partial charge in [0, 0.05) is 25.2 Å². The van der Waals surface area contributed by atoms with Crippen LogP contribution < -0.4 is 10.6 Å². The highest BCUT2D eigenvalue weighted by molar-refractivity contribution is 5.74. The molecule has 3 N–H and O–H groups in total. The summed E-state index contributed by atoms with van der Waals surface area (Å²) in [5.74, 6) is 1.51. The maximum atomic E-state index is 12.0. The van der Waals surface area contributed by atoms with Crippen LogP contribution >= 0.6 is 0 Å². The number of hydrogen-bond donors (Lipinski definition) is 3. The van der Waals surface area contributed by atoms with Crippen LogP contribution in [0.3, 0.4) is 0 Å². The summed E-state index contributed by atoms with van der Waals surface area (Å²) in [4.78, 5) is 19.5. The van der Waals surface area contributed by atoms with E-state index in [1.54, 1.807) is 6.20 Å². The number of alkyl carbamates (subject to hydrolysis) is 1. The van der Waals surface area contributed by atoms with Gasteiger partial charge in [-0.3, -0.25) is 4.40 Å². The molecular formula is C18H25N7O2. The number of rotatable bonds is 6. The Hall–Kier alpha value is -2.68. The Morgan fingerprint density at radius 1 is 1.37 bits per heavy atom. The molecule has 1 saturated carbocycles. The van der Waals surface area contributed by atoms with E-state index in [9.17, 15) is 4.79 Å². The highest BCUT2D eigenvalue weighted by atomic mass is 16.6. The van der Waals surface area contributed by atoms with Gasteiger partial charge in [0.2, 0.25) is 0 Å².